The normalized spacial score (nSPS) is 13.6. The third-order valence-corrected chi connectivity index (χ3v) is 6.89. The molecule has 7 heteroatoms. The minimum Gasteiger partial charge on any atom is -0.396 e. The van der Waals surface area contributed by atoms with Crippen molar-refractivity contribution in [1.82, 2.24) is 4.72 Å². The molecule has 2 N–H and O–H groups in total. The average Bonchev–Trinajstić information content (AvgIpc) is 2.52. The number of benzene rings is 1. The fraction of sp³-hybridized carbons (Fsp3) is 0.611. The lowest BCUT2D eigenvalue weighted by Gasteiger charge is -2.32. The molecular weight excluding hydrogens is 358 g/mol. The number of aliphatic hydroxyl groups is 1. The van der Waals surface area contributed by atoms with Gasteiger partial charge in [-0.05, 0) is 58.4 Å². The largest absolute Gasteiger partial charge is 0.396 e. The SMILES string of the molecule is CC(=O)[C@H](NS(=O)(=O)c1ccc(C)cc1)C(C)(C)SCCCCCO. The Morgan fingerprint density at radius 1 is 1.20 bits per heavy atom. The van der Waals surface area contributed by atoms with Gasteiger partial charge in [-0.25, -0.2) is 8.42 Å². The van der Waals surface area contributed by atoms with Crippen LogP contribution >= 0.6 is 11.8 Å². The van der Waals surface area contributed by atoms with Crippen molar-refractivity contribution >= 4 is 27.6 Å². The van der Waals surface area contributed by atoms with E-state index in [1.165, 1.54) is 6.92 Å². The third-order valence-electron chi connectivity index (χ3n) is 3.98. The van der Waals surface area contributed by atoms with Crippen molar-refractivity contribution < 1.29 is 18.3 Å². The van der Waals surface area contributed by atoms with Gasteiger partial charge < -0.3 is 5.11 Å². The Kier molecular flexibility index (Phi) is 8.60. The number of sulfonamides is 1. The van der Waals surface area contributed by atoms with E-state index in [9.17, 15) is 13.2 Å². The summed E-state index contributed by atoms with van der Waals surface area (Å²) < 4.78 is 27.3. The standard InChI is InChI=1S/C18H29NO4S2/c1-14-8-10-16(11-9-14)25(22,23)19-17(15(2)21)18(3,4)24-13-7-5-6-12-20/h8-11,17,19-20H,5-7,12-13H2,1-4H3/t17-/m0/s1. The summed E-state index contributed by atoms with van der Waals surface area (Å²) in [6.45, 7) is 7.25. The van der Waals surface area contributed by atoms with Crippen LogP contribution in [0, 0.1) is 6.92 Å². The van der Waals surface area contributed by atoms with E-state index >= 15 is 0 Å². The molecule has 0 aliphatic rings. The van der Waals surface area contributed by atoms with Gasteiger partial charge in [0.15, 0.2) is 0 Å². The number of aliphatic hydroxyl groups excluding tert-OH is 1. The van der Waals surface area contributed by atoms with Crippen molar-refractivity contribution in [1.29, 1.82) is 0 Å². The molecule has 0 fully saturated rings. The van der Waals surface area contributed by atoms with Crippen LogP contribution in [0.25, 0.3) is 0 Å². The van der Waals surface area contributed by atoms with Crippen LogP contribution in [-0.2, 0) is 14.8 Å². The topological polar surface area (TPSA) is 83.5 Å². The van der Waals surface area contributed by atoms with Crippen molar-refractivity contribution in [3.05, 3.63) is 29.8 Å². The lowest BCUT2D eigenvalue weighted by Crippen LogP contribution is -2.51. The third kappa shape index (κ3) is 7.09. The van der Waals surface area contributed by atoms with Gasteiger partial charge in [0.25, 0.3) is 0 Å². The van der Waals surface area contributed by atoms with Gasteiger partial charge in [0.1, 0.15) is 5.78 Å². The molecule has 5 nitrogen and oxygen atoms in total. The van der Waals surface area contributed by atoms with Gasteiger partial charge >= 0.3 is 0 Å². The monoisotopic (exact) mass is 387 g/mol. The summed E-state index contributed by atoms with van der Waals surface area (Å²) in [5.41, 5.74) is 0.973. The van der Waals surface area contributed by atoms with Crippen LogP contribution in [0.4, 0.5) is 0 Å². The van der Waals surface area contributed by atoms with Crippen LogP contribution in [-0.4, -0.2) is 42.5 Å². The summed E-state index contributed by atoms with van der Waals surface area (Å²) in [4.78, 5) is 12.3. The minimum atomic E-state index is -3.76. The number of nitrogens with one attached hydrogen (secondary N) is 1. The predicted molar refractivity (Wildman–Crippen MR) is 103 cm³/mol. The van der Waals surface area contributed by atoms with Gasteiger partial charge in [-0.3, -0.25) is 4.79 Å². The van der Waals surface area contributed by atoms with Gasteiger partial charge in [0.05, 0.1) is 10.9 Å². The molecule has 0 amide bonds. The highest BCUT2D eigenvalue weighted by atomic mass is 32.2. The first-order chi connectivity index (χ1) is 11.6. The van der Waals surface area contributed by atoms with E-state index in [4.69, 9.17) is 5.11 Å². The van der Waals surface area contributed by atoms with Crippen LogP contribution in [0.15, 0.2) is 29.2 Å². The molecule has 25 heavy (non-hydrogen) atoms. The number of ketones is 1. The van der Waals surface area contributed by atoms with Crippen molar-refractivity contribution in [3.8, 4) is 0 Å². The molecule has 1 aromatic rings. The molecular formula is C18H29NO4S2. The molecule has 0 spiro atoms. The van der Waals surface area contributed by atoms with Crippen LogP contribution in [0.5, 0.6) is 0 Å². The second kappa shape index (κ2) is 9.71. The van der Waals surface area contributed by atoms with Crippen LogP contribution in [0.3, 0.4) is 0 Å². The maximum atomic E-state index is 12.6. The molecule has 0 bridgehead atoms. The minimum absolute atomic E-state index is 0.160. The molecule has 0 unspecified atom stereocenters. The number of aryl methyl sites for hydroxylation is 1. The van der Waals surface area contributed by atoms with Gasteiger partial charge in [0.2, 0.25) is 10.0 Å². The zero-order chi connectivity index (χ0) is 19.1. The predicted octanol–water partition coefficient (Wildman–Crippen LogP) is 2.91. The van der Waals surface area contributed by atoms with Crippen LogP contribution in [0.2, 0.25) is 0 Å². The quantitative estimate of drug-likeness (QED) is 0.571. The Bertz CT molecular complexity index is 654. The molecule has 0 aliphatic heterocycles. The van der Waals surface area contributed by atoms with Crippen LogP contribution in [0.1, 0.15) is 45.6 Å². The lowest BCUT2D eigenvalue weighted by molar-refractivity contribution is -0.119. The summed E-state index contributed by atoms with van der Waals surface area (Å²) in [5, 5.41) is 8.81. The van der Waals surface area contributed by atoms with Crippen molar-refractivity contribution in [3.63, 3.8) is 0 Å². The Morgan fingerprint density at radius 3 is 2.32 bits per heavy atom. The molecule has 0 aromatic heterocycles. The molecule has 142 valence electrons. The molecule has 0 saturated carbocycles. The van der Waals surface area contributed by atoms with Gasteiger partial charge in [-0.2, -0.15) is 16.5 Å². The van der Waals surface area contributed by atoms with E-state index in [1.807, 2.05) is 20.8 Å². The summed E-state index contributed by atoms with van der Waals surface area (Å²) in [5.74, 6) is 0.604. The van der Waals surface area contributed by atoms with E-state index in [0.717, 1.165) is 30.6 Å². The van der Waals surface area contributed by atoms with Gasteiger partial charge in [-0.1, -0.05) is 24.1 Å². The molecule has 1 atom stereocenters. The Balaban J connectivity index is 2.84. The molecule has 1 rings (SSSR count). The number of carbonyl (C=O) groups excluding carboxylic acids is 1. The number of carbonyl (C=O) groups is 1. The van der Waals surface area contributed by atoms with Crippen molar-refractivity contribution in [2.45, 2.75) is 62.6 Å². The van der Waals surface area contributed by atoms with E-state index < -0.39 is 20.8 Å². The summed E-state index contributed by atoms with van der Waals surface area (Å²) in [7, 11) is -3.76. The van der Waals surface area contributed by atoms with E-state index in [-0.39, 0.29) is 17.3 Å². The maximum absolute atomic E-state index is 12.6. The fourth-order valence-electron chi connectivity index (χ4n) is 2.46. The number of unbranched alkanes of at least 4 members (excludes halogenated alkanes) is 2. The van der Waals surface area contributed by atoms with E-state index in [1.54, 1.807) is 36.0 Å². The summed E-state index contributed by atoms with van der Waals surface area (Å²) in [6, 6.07) is 5.76. The number of Topliss-reactive ketones (excluding diaryl/α,β-unsaturated/α-hetero) is 1. The smallest absolute Gasteiger partial charge is 0.241 e. The fourth-order valence-corrected chi connectivity index (χ4v) is 5.21. The zero-order valence-electron chi connectivity index (χ0n) is 15.4. The first-order valence-electron chi connectivity index (χ1n) is 8.44. The van der Waals surface area contributed by atoms with Gasteiger partial charge in [0, 0.05) is 11.4 Å². The lowest BCUT2D eigenvalue weighted by atomic mass is 10.0. The maximum Gasteiger partial charge on any atom is 0.241 e. The molecule has 0 aliphatic carbocycles. The molecule has 0 radical (unpaired) electrons. The number of rotatable bonds is 11. The zero-order valence-corrected chi connectivity index (χ0v) is 17.0. The highest BCUT2D eigenvalue weighted by Crippen LogP contribution is 2.31. The Hall–Kier alpha value is -0.890. The van der Waals surface area contributed by atoms with E-state index in [2.05, 4.69) is 4.72 Å². The first-order valence-corrected chi connectivity index (χ1v) is 10.9. The number of thioether (sulfide) groups is 1. The Labute approximate surface area is 155 Å². The highest BCUT2D eigenvalue weighted by molar-refractivity contribution is 8.00. The number of hydrogen-bond donors (Lipinski definition) is 2. The van der Waals surface area contributed by atoms with Crippen molar-refractivity contribution in [2.24, 2.45) is 0 Å². The molecule has 0 heterocycles. The molecule has 0 saturated heterocycles. The molecule has 1 aromatic carbocycles. The summed E-state index contributed by atoms with van der Waals surface area (Å²) in [6.07, 6.45) is 2.60. The average molecular weight is 388 g/mol. The highest BCUT2D eigenvalue weighted by Gasteiger charge is 2.36. The van der Waals surface area contributed by atoms with Gasteiger partial charge in [-0.15, -0.1) is 0 Å². The second-order valence-electron chi connectivity index (χ2n) is 6.71. The second-order valence-corrected chi connectivity index (χ2v) is 10.2. The Morgan fingerprint density at radius 2 is 1.80 bits per heavy atom. The summed E-state index contributed by atoms with van der Waals surface area (Å²) >= 11 is 1.57. The van der Waals surface area contributed by atoms with Crippen molar-refractivity contribution in [2.75, 3.05) is 12.4 Å². The van der Waals surface area contributed by atoms with E-state index in [0.29, 0.717) is 0 Å². The number of hydrogen-bond acceptors (Lipinski definition) is 5. The first kappa shape index (κ1) is 22.2. The van der Waals surface area contributed by atoms with Crippen LogP contribution < -0.4 is 4.72 Å².